The number of hydrogen-bond donors (Lipinski definition) is 0. The monoisotopic (exact) mass is 812 g/mol. The highest BCUT2D eigenvalue weighted by atomic mass is 16.6. The Labute approximate surface area is 355 Å². The highest BCUT2D eigenvalue weighted by Gasteiger charge is 2.25. The molecule has 8 heteroatoms. The maximum Gasteiger partial charge on any atom is 0.306 e. The minimum atomic E-state index is -1.13. The lowest BCUT2D eigenvalue weighted by molar-refractivity contribution is -0.889. The molecule has 2 unspecified atom stereocenters. The van der Waals surface area contributed by atoms with Gasteiger partial charge in [-0.2, -0.15) is 0 Å². The molecule has 0 aromatic carbocycles. The summed E-state index contributed by atoms with van der Waals surface area (Å²) in [6.45, 7) is 4.48. The van der Waals surface area contributed by atoms with Gasteiger partial charge in [0.15, 0.2) is 6.10 Å². The normalized spacial score (nSPS) is 13.6. The van der Waals surface area contributed by atoms with E-state index in [0.29, 0.717) is 12.8 Å². The fourth-order valence-corrected chi connectivity index (χ4v) is 6.25. The van der Waals surface area contributed by atoms with Crippen LogP contribution in [0.1, 0.15) is 174 Å². The molecule has 0 aliphatic rings. The van der Waals surface area contributed by atoms with Crippen molar-refractivity contribution < 1.29 is 38.2 Å². The molecule has 0 amide bonds. The zero-order chi connectivity index (χ0) is 42.8. The van der Waals surface area contributed by atoms with E-state index in [0.717, 1.165) is 103 Å². The minimum Gasteiger partial charge on any atom is -0.544 e. The molecule has 0 saturated carbocycles. The van der Waals surface area contributed by atoms with Gasteiger partial charge in [-0.1, -0.05) is 151 Å². The van der Waals surface area contributed by atoms with Crippen LogP contribution in [0.25, 0.3) is 0 Å². The fourth-order valence-electron chi connectivity index (χ4n) is 6.25. The molecular weight excluding hydrogens is 727 g/mol. The maximum absolute atomic E-state index is 12.7. The van der Waals surface area contributed by atoms with Crippen LogP contribution in [0.5, 0.6) is 0 Å². The summed E-state index contributed by atoms with van der Waals surface area (Å²) in [7, 11) is 5.39. The quantitative estimate of drug-likeness (QED) is 0.0263. The van der Waals surface area contributed by atoms with Gasteiger partial charge in [0, 0.05) is 19.3 Å². The third kappa shape index (κ3) is 38.3. The predicted octanol–water partition coefficient (Wildman–Crippen LogP) is 11.4. The zero-order valence-corrected chi connectivity index (χ0v) is 37.7. The number of carboxylic acid groups (broad SMARTS) is 1. The van der Waals surface area contributed by atoms with Gasteiger partial charge in [-0.3, -0.25) is 9.59 Å². The molecule has 0 aromatic heterocycles. The van der Waals surface area contributed by atoms with Crippen molar-refractivity contribution in [1.29, 1.82) is 0 Å². The van der Waals surface area contributed by atoms with Crippen LogP contribution in [0.4, 0.5) is 0 Å². The Hall–Kier alpha value is -3.23. The summed E-state index contributed by atoms with van der Waals surface area (Å²) in [5.74, 6) is -1.77. The van der Waals surface area contributed by atoms with Crippen molar-refractivity contribution >= 4 is 17.9 Å². The number of carbonyl (C=O) groups is 3. The first-order valence-electron chi connectivity index (χ1n) is 23.0. The Morgan fingerprint density at radius 2 is 0.966 bits per heavy atom. The molecule has 58 heavy (non-hydrogen) atoms. The number of esters is 2. The third-order valence-corrected chi connectivity index (χ3v) is 9.83. The van der Waals surface area contributed by atoms with E-state index in [-0.39, 0.29) is 42.7 Å². The molecule has 0 N–H and O–H groups in total. The second kappa shape index (κ2) is 40.5. The molecule has 0 spiro atoms. The molecule has 0 bridgehead atoms. The number of likely N-dealkylation sites (N-methyl/N-ethyl adjacent to an activating group) is 1. The van der Waals surface area contributed by atoms with Crippen molar-refractivity contribution in [3.63, 3.8) is 0 Å². The van der Waals surface area contributed by atoms with Gasteiger partial charge in [0.05, 0.1) is 40.3 Å². The van der Waals surface area contributed by atoms with Gasteiger partial charge in [-0.25, -0.2) is 0 Å². The van der Waals surface area contributed by atoms with Crippen molar-refractivity contribution in [3.05, 3.63) is 72.9 Å². The van der Waals surface area contributed by atoms with E-state index < -0.39 is 18.1 Å². The van der Waals surface area contributed by atoms with Crippen LogP contribution < -0.4 is 5.11 Å². The van der Waals surface area contributed by atoms with Crippen LogP contribution in [0.2, 0.25) is 0 Å². The number of aliphatic carboxylic acids is 1. The molecule has 0 saturated heterocycles. The molecule has 0 radical (unpaired) electrons. The highest BCUT2D eigenvalue weighted by Crippen LogP contribution is 2.13. The Morgan fingerprint density at radius 3 is 1.45 bits per heavy atom. The molecule has 0 aliphatic carbocycles. The lowest BCUT2D eigenvalue weighted by Gasteiger charge is -2.34. The van der Waals surface area contributed by atoms with Crippen LogP contribution in [-0.2, 0) is 28.6 Å². The number of unbranched alkanes of at least 4 members (excludes halogenated alkanes) is 14. The molecule has 0 aromatic rings. The van der Waals surface area contributed by atoms with Gasteiger partial charge in [0.2, 0.25) is 0 Å². The number of carbonyl (C=O) groups excluding carboxylic acids is 3. The number of rotatable bonds is 40. The van der Waals surface area contributed by atoms with Crippen molar-refractivity contribution in [2.24, 2.45) is 0 Å². The van der Waals surface area contributed by atoms with E-state index >= 15 is 0 Å². The minimum absolute atomic E-state index is 0.0305. The number of ether oxygens (including phenoxy) is 3. The average molecular weight is 812 g/mol. The molecule has 332 valence electrons. The summed E-state index contributed by atoms with van der Waals surface area (Å²) in [5, 5.41) is 11.6. The van der Waals surface area contributed by atoms with Crippen molar-refractivity contribution in [2.75, 3.05) is 41.0 Å². The first-order valence-corrected chi connectivity index (χ1v) is 23.0. The summed E-state index contributed by atoms with van der Waals surface area (Å²) in [4.78, 5) is 36.8. The van der Waals surface area contributed by atoms with E-state index in [1.54, 1.807) is 21.1 Å². The number of hydrogen-bond acceptors (Lipinski definition) is 7. The van der Waals surface area contributed by atoms with Crippen LogP contribution >= 0.6 is 0 Å². The van der Waals surface area contributed by atoms with Gasteiger partial charge in [-0.05, 0) is 77.0 Å². The van der Waals surface area contributed by atoms with Crippen molar-refractivity contribution in [3.8, 4) is 0 Å². The van der Waals surface area contributed by atoms with Gasteiger partial charge in [-0.15, -0.1) is 0 Å². The number of nitrogens with zero attached hydrogens (tertiary/aromatic N) is 1. The molecule has 2 atom stereocenters. The van der Waals surface area contributed by atoms with Gasteiger partial charge >= 0.3 is 11.9 Å². The average Bonchev–Trinajstić information content (AvgIpc) is 3.18. The fraction of sp³-hybridized carbons (Fsp3) is 0.700. The summed E-state index contributed by atoms with van der Waals surface area (Å²) in [6.07, 6.45) is 50.7. The van der Waals surface area contributed by atoms with Crippen LogP contribution in [-0.4, -0.2) is 75.5 Å². The molecular formula is C50H85NO7. The third-order valence-electron chi connectivity index (χ3n) is 9.83. The SMILES string of the molecule is CC/C=C/C/C=C/C/C=C/C/C=C/C/C=C/CCCCCCCCCC(=O)OCC(COCCC(C(=O)[O-])[N+](C)(C)C)OC(=O)CCCCCCC/C=C/CCCC. The van der Waals surface area contributed by atoms with Crippen LogP contribution in [0, 0.1) is 0 Å². The second-order valence-electron chi connectivity index (χ2n) is 16.3. The standard InChI is InChI=1S/C50H85NO7/c1-6-8-10-12-14-16-18-19-20-21-22-23-24-25-26-27-28-29-31-32-34-36-38-40-48(52)57-45-46(44-56-43-42-47(50(54)55)51(3,4)5)58-49(53)41-39-37-35-33-30-17-15-13-11-9-7-2/h8,10,13-16,19-20,22-23,25-26,46-47H,6-7,9,11-12,17-18,21,24,27-45H2,1-5H3/b10-8+,15-13+,16-14+,20-19+,23-22+,26-25+. The van der Waals surface area contributed by atoms with E-state index in [4.69, 9.17) is 14.2 Å². The molecule has 0 heterocycles. The van der Waals surface area contributed by atoms with Crippen LogP contribution in [0.3, 0.4) is 0 Å². The van der Waals surface area contributed by atoms with E-state index in [2.05, 4.69) is 86.8 Å². The zero-order valence-electron chi connectivity index (χ0n) is 37.7. The first-order chi connectivity index (χ1) is 28.1. The largest absolute Gasteiger partial charge is 0.544 e. The molecule has 8 nitrogen and oxygen atoms in total. The first kappa shape index (κ1) is 54.8. The van der Waals surface area contributed by atoms with E-state index in [1.165, 1.54) is 38.5 Å². The number of allylic oxidation sites excluding steroid dienone is 12. The molecule has 0 aliphatic heterocycles. The topological polar surface area (TPSA) is 102 Å². The number of carboxylic acids is 1. The Balaban J connectivity index is 4.27. The summed E-state index contributed by atoms with van der Waals surface area (Å²) in [5.41, 5.74) is 0. The van der Waals surface area contributed by atoms with Crippen molar-refractivity contribution in [2.45, 2.75) is 187 Å². The number of quaternary nitrogens is 1. The van der Waals surface area contributed by atoms with Gasteiger partial charge in [0.1, 0.15) is 12.6 Å². The predicted molar refractivity (Wildman–Crippen MR) is 240 cm³/mol. The summed E-state index contributed by atoms with van der Waals surface area (Å²) < 4.78 is 17.1. The lowest BCUT2D eigenvalue weighted by atomic mass is 10.1. The Bertz CT molecular complexity index is 1180. The summed E-state index contributed by atoms with van der Waals surface area (Å²) in [6, 6.07) is -0.731. The highest BCUT2D eigenvalue weighted by molar-refractivity contribution is 5.70. The van der Waals surface area contributed by atoms with E-state index in [1.807, 2.05) is 0 Å². The van der Waals surface area contributed by atoms with Crippen molar-refractivity contribution in [1.82, 2.24) is 0 Å². The second-order valence-corrected chi connectivity index (χ2v) is 16.3. The smallest absolute Gasteiger partial charge is 0.306 e. The van der Waals surface area contributed by atoms with Gasteiger partial charge in [0.25, 0.3) is 0 Å². The summed E-state index contributed by atoms with van der Waals surface area (Å²) >= 11 is 0. The van der Waals surface area contributed by atoms with Crippen LogP contribution in [0.15, 0.2) is 72.9 Å². The Morgan fingerprint density at radius 1 is 0.534 bits per heavy atom. The molecule has 0 fully saturated rings. The van der Waals surface area contributed by atoms with E-state index in [9.17, 15) is 19.5 Å². The Kier molecular flexibility index (Phi) is 38.3. The lowest BCUT2D eigenvalue weighted by Crippen LogP contribution is -2.55. The maximum atomic E-state index is 12.7. The van der Waals surface area contributed by atoms with Gasteiger partial charge < -0.3 is 28.6 Å². The molecule has 0 rings (SSSR count).